The highest BCUT2D eigenvalue weighted by Gasteiger charge is 2.41. The largest absolute Gasteiger partial charge is 0.340 e. The molecular weight excluding hydrogens is 490 g/mol. The number of pyridine rings is 1. The van der Waals surface area contributed by atoms with Crippen LogP contribution in [-0.4, -0.2) is 70.4 Å². The Bertz CT molecular complexity index is 1550. The van der Waals surface area contributed by atoms with E-state index in [2.05, 4.69) is 15.0 Å². The fraction of sp³-hybridized carbons (Fsp3) is 0.407. The number of H-pyrrole nitrogens is 1. The van der Waals surface area contributed by atoms with Crippen molar-refractivity contribution < 1.29 is 18.0 Å². The van der Waals surface area contributed by atoms with E-state index >= 15 is 0 Å². The first-order chi connectivity index (χ1) is 17.6. The Morgan fingerprint density at radius 1 is 1.16 bits per heavy atom. The first-order valence-electron chi connectivity index (χ1n) is 12.6. The molecule has 192 valence electrons. The van der Waals surface area contributed by atoms with E-state index in [1.165, 1.54) is 0 Å². The average molecular weight is 520 g/mol. The lowest BCUT2D eigenvalue weighted by Crippen LogP contribution is -2.42. The topological polar surface area (TPSA) is 116 Å². The second kappa shape index (κ2) is 8.51. The summed E-state index contributed by atoms with van der Waals surface area (Å²) in [4.78, 5) is 41.8. The molecule has 1 aromatic carbocycles. The van der Waals surface area contributed by atoms with E-state index in [-0.39, 0.29) is 22.8 Å². The van der Waals surface area contributed by atoms with Crippen molar-refractivity contribution in [2.45, 2.75) is 50.6 Å². The smallest absolute Gasteiger partial charge is 0.274 e. The summed E-state index contributed by atoms with van der Waals surface area (Å²) < 4.78 is 25.6. The van der Waals surface area contributed by atoms with Crippen LogP contribution in [0.15, 0.2) is 35.4 Å². The van der Waals surface area contributed by atoms with Gasteiger partial charge in [-0.3, -0.25) is 14.6 Å². The number of aromatic nitrogens is 3. The van der Waals surface area contributed by atoms with Crippen molar-refractivity contribution in [1.82, 2.24) is 24.8 Å². The van der Waals surface area contributed by atoms with Crippen LogP contribution in [0.3, 0.4) is 0 Å². The Balaban J connectivity index is 1.38. The van der Waals surface area contributed by atoms with E-state index in [1.54, 1.807) is 28.1 Å². The number of carbonyl (C=O) groups excluding carboxylic acids is 2. The number of imidazole rings is 1. The van der Waals surface area contributed by atoms with E-state index in [0.29, 0.717) is 46.5 Å². The molecule has 0 unspecified atom stereocenters. The van der Waals surface area contributed by atoms with Crippen molar-refractivity contribution in [1.29, 1.82) is 0 Å². The summed E-state index contributed by atoms with van der Waals surface area (Å²) in [6.07, 6.45) is 5.99. The lowest BCUT2D eigenvalue weighted by atomic mass is 10.0. The van der Waals surface area contributed by atoms with Crippen molar-refractivity contribution in [3.63, 3.8) is 0 Å². The average Bonchev–Trinajstić information content (AvgIpc) is 3.53. The third-order valence-corrected chi connectivity index (χ3v) is 8.88. The van der Waals surface area contributed by atoms with E-state index in [4.69, 9.17) is 0 Å². The standard InChI is InChI=1S/C27H29N5O4S/c1-15-24(27(34)31-9-4-10-31)30-25(29-15)21-12-18(7-8-28-21)19-11-20-14-32(16(2)17-5-6-17)26(33)23(20)22(13-19)37(3,35)36/h7-8,11-13,16-17H,4-6,9-10,14H2,1-3H3,(H,29,30)/t16-/m0/s1. The molecule has 1 aliphatic carbocycles. The number of hydrogen-bond acceptors (Lipinski definition) is 6. The molecule has 0 spiro atoms. The Morgan fingerprint density at radius 2 is 1.92 bits per heavy atom. The number of nitrogens with one attached hydrogen (secondary N) is 1. The second-order valence-electron chi connectivity index (χ2n) is 10.4. The van der Waals surface area contributed by atoms with Crippen LogP contribution in [0, 0.1) is 12.8 Å². The highest BCUT2D eigenvalue weighted by Crippen LogP contribution is 2.41. The van der Waals surface area contributed by atoms with Crippen molar-refractivity contribution in [2.24, 2.45) is 5.92 Å². The molecule has 2 aliphatic heterocycles. The molecule has 3 aromatic rings. The molecule has 10 heteroatoms. The van der Waals surface area contributed by atoms with Crippen LogP contribution in [0.1, 0.15) is 58.3 Å². The van der Waals surface area contributed by atoms with Gasteiger partial charge in [0.25, 0.3) is 11.8 Å². The lowest BCUT2D eigenvalue weighted by Gasteiger charge is -2.30. The van der Waals surface area contributed by atoms with Crippen LogP contribution in [0.2, 0.25) is 0 Å². The Kier molecular flexibility index (Phi) is 5.48. The zero-order chi connectivity index (χ0) is 26.1. The van der Waals surface area contributed by atoms with Crippen LogP contribution in [0.25, 0.3) is 22.6 Å². The highest BCUT2D eigenvalue weighted by molar-refractivity contribution is 7.90. The van der Waals surface area contributed by atoms with Gasteiger partial charge in [-0.2, -0.15) is 0 Å². The molecule has 1 N–H and O–H groups in total. The number of amides is 2. The zero-order valence-corrected chi connectivity index (χ0v) is 21.9. The SMILES string of the molecule is Cc1[nH]c(-c2cc(-c3cc4c(c(S(C)(=O)=O)c3)C(=O)N([C@@H](C)C3CC3)C4)ccn2)nc1C(=O)N1CCC1. The molecule has 1 saturated heterocycles. The van der Waals surface area contributed by atoms with Gasteiger partial charge in [-0.05, 0) is 80.0 Å². The quantitative estimate of drug-likeness (QED) is 0.533. The van der Waals surface area contributed by atoms with Gasteiger partial charge < -0.3 is 14.8 Å². The van der Waals surface area contributed by atoms with Gasteiger partial charge in [0, 0.05) is 43.8 Å². The molecule has 1 atom stereocenters. The van der Waals surface area contributed by atoms with Gasteiger partial charge in [0.2, 0.25) is 0 Å². The fourth-order valence-corrected chi connectivity index (χ4v) is 6.19. The normalized spacial score (nSPS) is 18.1. The maximum atomic E-state index is 13.3. The lowest BCUT2D eigenvalue weighted by molar-refractivity contribution is 0.0644. The fourth-order valence-electron chi connectivity index (χ4n) is 5.26. The first kappa shape index (κ1) is 23.8. The number of aryl methyl sites for hydroxylation is 1. The molecule has 4 heterocycles. The molecule has 0 radical (unpaired) electrons. The molecule has 0 bridgehead atoms. The number of aromatic amines is 1. The summed E-state index contributed by atoms with van der Waals surface area (Å²) in [5.74, 6) is 0.667. The van der Waals surface area contributed by atoms with Crippen LogP contribution in [0.4, 0.5) is 0 Å². The third-order valence-electron chi connectivity index (χ3n) is 7.76. The maximum absolute atomic E-state index is 13.3. The predicted molar refractivity (Wildman–Crippen MR) is 138 cm³/mol. The Labute approximate surface area is 215 Å². The Hall–Kier alpha value is -3.53. The van der Waals surface area contributed by atoms with Crippen LogP contribution in [0.5, 0.6) is 0 Å². The maximum Gasteiger partial charge on any atom is 0.274 e. The van der Waals surface area contributed by atoms with Crippen LogP contribution >= 0.6 is 0 Å². The molecule has 9 nitrogen and oxygen atoms in total. The van der Waals surface area contributed by atoms with E-state index < -0.39 is 9.84 Å². The number of rotatable bonds is 6. The minimum Gasteiger partial charge on any atom is -0.340 e. The second-order valence-corrected chi connectivity index (χ2v) is 12.4. The summed E-state index contributed by atoms with van der Waals surface area (Å²) in [6, 6.07) is 7.21. The van der Waals surface area contributed by atoms with Crippen molar-refractivity contribution in [3.8, 4) is 22.6 Å². The molecule has 37 heavy (non-hydrogen) atoms. The van der Waals surface area contributed by atoms with Gasteiger partial charge in [0.15, 0.2) is 15.7 Å². The predicted octanol–water partition coefficient (Wildman–Crippen LogP) is 3.45. The molecule has 3 aliphatic rings. The molecule has 2 amide bonds. The minimum absolute atomic E-state index is 0.0603. The van der Waals surface area contributed by atoms with Gasteiger partial charge in [0.1, 0.15) is 11.4 Å². The summed E-state index contributed by atoms with van der Waals surface area (Å²) >= 11 is 0. The number of benzene rings is 1. The Morgan fingerprint density at radius 3 is 2.57 bits per heavy atom. The van der Waals surface area contributed by atoms with Gasteiger partial charge in [-0.25, -0.2) is 13.4 Å². The molecule has 2 aromatic heterocycles. The molecular formula is C27H29N5O4S. The molecule has 2 fully saturated rings. The summed E-state index contributed by atoms with van der Waals surface area (Å²) in [7, 11) is -3.65. The monoisotopic (exact) mass is 519 g/mol. The summed E-state index contributed by atoms with van der Waals surface area (Å²) in [6.45, 7) is 5.75. The number of likely N-dealkylation sites (tertiary alicyclic amines) is 1. The number of fused-ring (bicyclic) bond motifs is 1. The number of sulfone groups is 1. The van der Waals surface area contributed by atoms with Crippen LogP contribution < -0.4 is 0 Å². The number of nitrogens with zero attached hydrogens (tertiary/aromatic N) is 4. The molecule has 1 saturated carbocycles. The van der Waals surface area contributed by atoms with E-state index in [9.17, 15) is 18.0 Å². The van der Waals surface area contributed by atoms with Crippen molar-refractivity contribution in [3.05, 3.63) is 53.0 Å². The summed E-state index contributed by atoms with van der Waals surface area (Å²) in [5.41, 5.74) is 4.08. The number of carbonyl (C=O) groups is 2. The van der Waals surface area contributed by atoms with Crippen LogP contribution in [-0.2, 0) is 16.4 Å². The van der Waals surface area contributed by atoms with E-state index in [0.717, 1.165) is 49.7 Å². The van der Waals surface area contributed by atoms with Crippen molar-refractivity contribution in [2.75, 3.05) is 19.3 Å². The van der Waals surface area contributed by atoms with Crippen molar-refractivity contribution >= 4 is 21.7 Å². The van der Waals surface area contributed by atoms with Gasteiger partial charge in [0.05, 0.1) is 10.5 Å². The first-order valence-corrected chi connectivity index (χ1v) is 14.5. The summed E-state index contributed by atoms with van der Waals surface area (Å²) in [5, 5.41) is 0. The van der Waals surface area contributed by atoms with E-state index in [1.807, 2.05) is 26.0 Å². The third kappa shape index (κ3) is 4.13. The van der Waals surface area contributed by atoms with Gasteiger partial charge >= 0.3 is 0 Å². The highest BCUT2D eigenvalue weighted by atomic mass is 32.2. The van der Waals surface area contributed by atoms with Gasteiger partial charge in [-0.15, -0.1) is 0 Å². The molecule has 6 rings (SSSR count). The van der Waals surface area contributed by atoms with Gasteiger partial charge in [-0.1, -0.05) is 0 Å². The minimum atomic E-state index is -3.65. The zero-order valence-electron chi connectivity index (χ0n) is 21.1. The number of hydrogen-bond donors (Lipinski definition) is 1.